The molecule has 1 aromatic heterocycles. The number of amides is 1. The standard InChI is InChI=1S/C17H29NOS/c1-4-12-18(13-6-8-15(2)3)17(19)11-5-9-16-10-7-14-20-16/h7,10,14-15H,4-6,8-9,11-13H2,1-3H3. The van der Waals surface area contributed by atoms with Gasteiger partial charge in [0.1, 0.15) is 0 Å². The van der Waals surface area contributed by atoms with Crippen molar-refractivity contribution in [3.05, 3.63) is 22.4 Å². The summed E-state index contributed by atoms with van der Waals surface area (Å²) < 4.78 is 0. The van der Waals surface area contributed by atoms with Crippen LogP contribution in [-0.4, -0.2) is 23.9 Å². The number of hydrogen-bond acceptors (Lipinski definition) is 2. The Kier molecular flexibility index (Phi) is 8.59. The van der Waals surface area contributed by atoms with Crippen molar-refractivity contribution in [2.24, 2.45) is 5.92 Å². The molecule has 3 heteroatoms. The summed E-state index contributed by atoms with van der Waals surface area (Å²) in [5.74, 6) is 1.07. The SMILES string of the molecule is CCCN(CCCC(C)C)C(=O)CCCc1cccs1. The summed E-state index contributed by atoms with van der Waals surface area (Å²) in [6.45, 7) is 8.48. The lowest BCUT2D eigenvalue weighted by atomic mass is 10.1. The van der Waals surface area contributed by atoms with Crippen LogP contribution in [0, 0.1) is 5.92 Å². The highest BCUT2D eigenvalue weighted by molar-refractivity contribution is 7.09. The van der Waals surface area contributed by atoms with E-state index in [0.29, 0.717) is 12.3 Å². The molecule has 0 aliphatic carbocycles. The Labute approximate surface area is 128 Å². The van der Waals surface area contributed by atoms with Crippen molar-refractivity contribution in [2.75, 3.05) is 13.1 Å². The van der Waals surface area contributed by atoms with Crippen LogP contribution < -0.4 is 0 Å². The molecular weight excluding hydrogens is 266 g/mol. The summed E-state index contributed by atoms with van der Waals surface area (Å²) in [4.78, 5) is 15.7. The van der Waals surface area contributed by atoms with Crippen molar-refractivity contribution < 1.29 is 4.79 Å². The van der Waals surface area contributed by atoms with E-state index in [1.54, 1.807) is 11.3 Å². The van der Waals surface area contributed by atoms with E-state index < -0.39 is 0 Å². The molecule has 0 bridgehead atoms. The van der Waals surface area contributed by atoms with E-state index in [4.69, 9.17) is 0 Å². The molecule has 1 heterocycles. The van der Waals surface area contributed by atoms with E-state index in [1.165, 1.54) is 11.3 Å². The third-order valence-corrected chi connectivity index (χ3v) is 4.39. The van der Waals surface area contributed by atoms with Gasteiger partial charge in [-0.2, -0.15) is 0 Å². The fourth-order valence-corrected chi connectivity index (χ4v) is 3.10. The minimum Gasteiger partial charge on any atom is -0.343 e. The Hall–Kier alpha value is -0.830. The Morgan fingerprint density at radius 1 is 1.30 bits per heavy atom. The highest BCUT2D eigenvalue weighted by Gasteiger charge is 2.12. The largest absolute Gasteiger partial charge is 0.343 e. The van der Waals surface area contributed by atoms with Crippen molar-refractivity contribution in [3.63, 3.8) is 0 Å². The molecule has 1 aromatic rings. The van der Waals surface area contributed by atoms with Gasteiger partial charge in [0.05, 0.1) is 0 Å². The van der Waals surface area contributed by atoms with Gasteiger partial charge in [0.2, 0.25) is 5.91 Å². The Bertz CT molecular complexity index is 359. The van der Waals surface area contributed by atoms with E-state index in [0.717, 1.165) is 44.7 Å². The van der Waals surface area contributed by atoms with E-state index in [-0.39, 0.29) is 0 Å². The van der Waals surface area contributed by atoms with Crippen LogP contribution in [0.4, 0.5) is 0 Å². The number of carbonyl (C=O) groups is 1. The van der Waals surface area contributed by atoms with Crippen LogP contribution in [-0.2, 0) is 11.2 Å². The number of carbonyl (C=O) groups excluding carboxylic acids is 1. The van der Waals surface area contributed by atoms with Gasteiger partial charge in [-0.15, -0.1) is 11.3 Å². The highest BCUT2D eigenvalue weighted by Crippen LogP contribution is 2.13. The number of aryl methyl sites for hydroxylation is 1. The summed E-state index contributed by atoms with van der Waals surface area (Å²) in [5.41, 5.74) is 0. The van der Waals surface area contributed by atoms with Gasteiger partial charge >= 0.3 is 0 Å². The molecule has 0 saturated carbocycles. The van der Waals surface area contributed by atoms with Crippen molar-refractivity contribution in [1.82, 2.24) is 4.90 Å². The van der Waals surface area contributed by atoms with Crippen LogP contribution in [0.2, 0.25) is 0 Å². The summed E-state index contributed by atoms with van der Waals surface area (Å²) in [7, 11) is 0. The van der Waals surface area contributed by atoms with Crippen molar-refractivity contribution >= 4 is 17.2 Å². The number of rotatable bonds is 10. The zero-order valence-electron chi connectivity index (χ0n) is 13.2. The summed E-state index contributed by atoms with van der Waals surface area (Å²) in [6, 6.07) is 4.23. The first kappa shape index (κ1) is 17.2. The lowest BCUT2D eigenvalue weighted by molar-refractivity contribution is -0.131. The normalized spacial score (nSPS) is 11.0. The predicted octanol–water partition coefficient (Wildman–Crippen LogP) is 4.75. The van der Waals surface area contributed by atoms with Gasteiger partial charge in [0.15, 0.2) is 0 Å². The van der Waals surface area contributed by atoms with Crippen molar-refractivity contribution in [1.29, 1.82) is 0 Å². The van der Waals surface area contributed by atoms with Gasteiger partial charge in [-0.1, -0.05) is 26.8 Å². The van der Waals surface area contributed by atoms with Gasteiger partial charge in [0, 0.05) is 24.4 Å². The molecule has 0 unspecified atom stereocenters. The average Bonchev–Trinajstić information content (AvgIpc) is 2.90. The predicted molar refractivity (Wildman–Crippen MR) is 88.2 cm³/mol. The fourth-order valence-electron chi connectivity index (χ4n) is 2.35. The van der Waals surface area contributed by atoms with Gasteiger partial charge < -0.3 is 4.90 Å². The zero-order valence-corrected chi connectivity index (χ0v) is 14.0. The topological polar surface area (TPSA) is 20.3 Å². The minimum absolute atomic E-state index is 0.340. The Morgan fingerprint density at radius 3 is 2.70 bits per heavy atom. The molecule has 0 spiro atoms. The molecule has 1 rings (SSSR count). The molecule has 0 radical (unpaired) electrons. The lowest BCUT2D eigenvalue weighted by Gasteiger charge is -2.22. The van der Waals surface area contributed by atoms with Crippen LogP contribution >= 0.6 is 11.3 Å². The molecule has 2 nitrogen and oxygen atoms in total. The zero-order chi connectivity index (χ0) is 14.8. The third-order valence-electron chi connectivity index (χ3n) is 3.45. The third kappa shape index (κ3) is 7.09. The maximum absolute atomic E-state index is 12.3. The van der Waals surface area contributed by atoms with Gasteiger partial charge in [-0.3, -0.25) is 4.79 Å². The fraction of sp³-hybridized carbons (Fsp3) is 0.706. The highest BCUT2D eigenvalue weighted by atomic mass is 32.1. The van der Waals surface area contributed by atoms with Gasteiger partial charge in [-0.05, 0) is 49.5 Å². The molecule has 0 fully saturated rings. The maximum Gasteiger partial charge on any atom is 0.222 e. The van der Waals surface area contributed by atoms with Gasteiger partial charge in [-0.25, -0.2) is 0 Å². The molecule has 0 aliphatic rings. The first-order chi connectivity index (χ1) is 9.63. The van der Waals surface area contributed by atoms with Crippen molar-refractivity contribution in [3.8, 4) is 0 Å². The number of hydrogen-bond donors (Lipinski definition) is 0. The first-order valence-electron chi connectivity index (χ1n) is 7.93. The summed E-state index contributed by atoms with van der Waals surface area (Å²) in [5, 5.41) is 2.10. The maximum atomic E-state index is 12.3. The van der Waals surface area contributed by atoms with E-state index >= 15 is 0 Å². The summed E-state index contributed by atoms with van der Waals surface area (Å²) in [6.07, 6.45) is 6.11. The van der Waals surface area contributed by atoms with Crippen LogP contribution in [0.25, 0.3) is 0 Å². The average molecular weight is 295 g/mol. The molecule has 0 aromatic carbocycles. The monoisotopic (exact) mass is 295 g/mol. The van der Waals surface area contributed by atoms with E-state index in [2.05, 4.69) is 43.2 Å². The molecule has 114 valence electrons. The molecule has 0 N–H and O–H groups in total. The van der Waals surface area contributed by atoms with Gasteiger partial charge in [0.25, 0.3) is 0 Å². The molecule has 0 atom stereocenters. The van der Waals surface area contributed by atoms with Crippen LogP contribution in [0.15, 0.2) is 17.5 Å². The van der Waals surface area contributed by atoms with E-state index in [9.17, 15) is 4.79 Å². The van der Waals surface area contributed by atoms with Crippen molar-refractivity contribution in [2.45, 2.75) is 59.3 Å². The molecule has 1 amide bonds. The Balaban J connectivity index is 2.27. The number of nitrogens with zero attached hydrogens (tertiary/aromatic N) is 1. The first-order valence-corrected chi connectivity index (χ1v) is 8.81. The molecule has 0 saturated heterocycles. The van der Waals surface area contributed by atoms with Crippen LogP contribution in [0.5, 0.6) is 0 Å². The second kappa shape index (κ2) is 9.98. The summed E-state index contributed by atoms with van der Waals surface area (Å²) >= 11 is 1.79. The second-order valence-corrected chi connectivity index (χ2v) is 6.88. The molecule has 20 heavy (non-hydrogen) atoms. The minimum atomic E-state index is 0.340. The molecular formula is C17H29NOS. The smallest absolute Gasteiger partial charge is 0.222 e. The second-order valence-electron chi connectivity index (χ2n) is 5.85. The number of thiophene rings is 1. The quantitative estimate of drug-likeness (QED) is 0.610. The molecule has 0 aliphatic heterocycles. The van der Waals surface area contributed by atoms with E-state index in [1.807, 2.05) is 0 Å². The Morgan fingerprint density at radius 2 is 2.10 bits per heavy atom. The van der Waals surface area contributed by atoms with Crippen LogP contribution in [0.1, 0.15) is 57.8 Å². The lowest BCUT2D eigenvalue weighted by Crippen LogP contribution is -2.32. The van der Waals surface area contributed by atoms with Crippen LogP contribution in [0.3, 0.4) is 0 Å².